The molecule has 242 valence electrons. The summed E-state index contributed by atoms with van der Waals surface area (Å²) in [4.78, 5) is 18.2. The zero-order chi connectivity index (χ0) is 32.2. The van der Waals surface area contributed by atoms with E-state index in [0.717, 1.165) is 60.8 Å². The molecule has 0 aliphatic heterocycles. The van der Waals surface area contributed by atoms with Crippen LogP contribution in [0.1, 0.15) is 63.6 Å². The van der Waals surface area contributed by atoms with Crippen molar-refractivity contribution >= 4 is 39.1 Å². The van der Waals surface area contributed by atoms with Gasteiger partial charge < -0.3 is 14.9 Å². The van der Waals surface area contributed by atoms with Crippen LogP contribution < -0.4 is 4.74 Å². The molecule has 8 rings (SSSR count). The van der Waals surface area contributed by atoms with E-state index in [-0.39, 0.29) is 40.9 Å². The molecule has 2 aromatic heterocycles. The lowest BCUT2D eigenvalue weighted by Crippen LogP contribution is -2.57. The Bertz CT molecular complexity index is 1750. The molecular formula is C37H42FN3O4S. The Kier molecular flexibility index (Phi) is 8.14. The number of aliphatic hydroxyl groups is 2. The summed E-state index contributed by atoms with van der Waals surface area (Å²) in [7, 11) is 1.00. The number of carbonyl (C=O) groups excluding carboxylic acids is 1. The van der Waals surface area contributed by atoms with Gasteiger partial charge >= 0.3 is 0 Å². The monoisotopic (exact) mass is 643 g/mol. The molecule has 0 amide bonds. The molecule has 0 radical (unpaired) electrons. The van der Waals surface area contributed by atoms with Crippen molar-refractivity contribution in [3.05, 3.63) is 77.4 Å². The molecule has 1 aromatic carbocycles. The molecular weight excluding hydrogens is 601 g/mol. The van der Waals surface area contributed by atoms with E-state index in [2.05, 4.69) is 24.9 Å². The summed E-state index contributed by atoms with van der Waals surface area (Å²) in [5.74, 6) is 0.684. The SMILES string of the molecule is CC12Cc3cnn(C4=CC=C(F)C=CC4)c3C=C1CCC1C2C(O)CC2(C)C(C(=O)COc3nc4ccccc4s3)CCC12.CO. The summed E-state index contributed by atoms with van der Waals surface area (Å²) in [6, 6.07) is 7.91. The number of Topliss-reactive ketones (excluding diaryl/α,β-unsaturated/α-hetero) is 1. The van der Waals surface area contributed by atoms with Gasteiger partial charge in [-0.15, -0.1) is 0 Å². The molecule has 7 nitrogen and oxygen atoms in total. The first-order chi connectivity index (χ1) is 22.2. The van der Waals surface area contributed by atoms with Crippen LogP contribution in [0.5, 0.6) is 5.19 Å². The molecule has 3 fully saturated rings. The predicted octanol–water partition coefficient (Wildman–Crippen LogP) is 7.17. The van der Waals surface area contributed by atoms with Gasteiger partial charge in [0.05, 0.1) is 28.2 Å². The number of ether oxygens (including phenoxy) is 1. The highest BCUT2D eigenvalue weighted by Crippen LogP contribution is 2.66. The first kappa shape index (κ1) is 31.2. The number of aromatic nitrogens is 3. The minimum atomic E-state index is -0.479. The van der Waals surface area contributed by atoms with Gasteiger partial charge in [0.25, 0.3) is 5.19 Å². The highest BCUT2D eigenvalue weighted by molar-refractivity contribution is 7.20. The Hall–Kier alpha value is -3.40. The van der Waals surface area contributed by atoms with Crippen LogP contribution in [-0.4, -0.2) is 50.6 Å². The molecule has 9 heteroatoms. The van der Waals surface area contributed by atoms with Gasteiger partial charge in [-0.3, -0.25) is 4.79 Å². The molecule has 0 saturated heterocycles. The Labute approximate surface area is 273 Å². The van der Waals surface area contributed by atoms with E-state index < -0.39 is 6.10 Å². The Morgan fingerprint density at radius 1 is 1.17 bits per heavy atom. The third kappa shape index (κ3) is 5.02. The highest BCUT2D eigenvalue weighted by atomic mass is 32.1. The van der Waals surface area contributed by atoms with Crippen molar-refractivity contribution in [2.24, 2.45) is 34.5 Å². The number of hydrogen-bond donors (Lipinski definition) is 2. The summed E-state index contributed by atoms with van der Waals surface area (Å²) in [5.41, 5.74) is 5.10. The standard InChI is InChI=1S/C36H38FN3O3S.CH4O/c1-35-17-21-19-38-40(24-7-5-6-23(37)11-12-24)29(21)16-22(35)10-13-25-26-14-15-27(36(26,2)18-30(41)33(25)35)31(42)20-43-34-39-28-8-3-4-9-32(28)44-34;1-2/h3-6,8-9,11-12,16,19,25-27,30,33,41H,7,10,13-15,17-18,20H2,1-2H3;2H,1H3. The second-order valence-corrected chi connectivity index (χ2v) is 15.0. The van der Waals surface area contributed by atoms with E-state index >= 15 is 0 Å². The van der Waals surface area contributed by atoms with Crippen LogP contribution >= 0.6 is 11.3 Å². The summed E-state index contributed by atoms with van der Waals surface area (Å²) in [6.45, 7) is 4.63. The molecule has 0 bridgehead atoms. The lowest BCUT2D eigenvalue weighted by atomic mass is 9.46. The summed E-state index contributed by atoms with van der Waals surface area (Å²) >= 11 is 1.47. The second-order valence-electron chi connectivity index (χ2n) is 14.0. The van der Waals surface area contributed by atoms with E-state index in [1.54, 1.807) is 0 Å². The van der Waals surface area contributed by atoms with Gasteiger partial charge in [0.15, 0.2) is 5.78 Å². The van der Waals surface area contributed by atoms with E-state index in [0.29, 0.717) is 29.9 Å². The molecule has 3 saturated carbocycles. The van der Waals surface area contributed by atoms with Gasteiger partial charge in [-0.05, 0) is 109 Å². The Morgan fingerprint density at radius 2 is 2.00 bits per heavy atom. The van der Waals surface area contributed by atoms with E-state index in [1.165, 1.54) is 34.6 Å². The summed E-state index contributed by atoms with van der Waals surface area (Å²) in [5, 5.41) is 24.3. The average Bonchev–Trinajstić information content (AvgIpc) is 3.70. The van der Waals surface area contributed by atoms with E-state index in [9.17, 15) is 14.3 Å². The van der Waals surface area contributed by atoms with Crippen molar-refractivity contribution in [3.63, 3.8) is 0 Å². The fraction of sp³-hybridized carbons (Fsp3) is 0.486. The molecule has 5 aliphatic carbocycles. The zero-order valence-corrected chi connectivity index (χ0v) is 27.5. The van der Waals surface area contributed by atoms with Gasteiger partial charge in [0, 0.05) is 25.1 Å². The van der Waals surface area contributed by atoms with Gasteiger partial charge in [0.2, 0.25) is 0 Å². The highest BCUT2D eigenvalue weighted by Gasteiger charge is 2.63. The third-order valence-electron chi connectivity index (χ3n) is 11.7. The predicted molar refractivity (Wildman–Crippen MR) is 179 cm³/mol. The number of nitrogens with zero attached hydrogens (tertiary/aromatic N) is 3. The number of allylic oxidation sites excluding steroid dienone is 7. The van der Waals surface area contributed by atoms with Crippen LogP contribution in [0.3, 0.4) is 0 Å². The molecule has 5 aliphatic rings. The number of rotatable bonds is 5. The fourth-order valence-electron chi connectivity index (χ4n) is 9.84. The van der Waals surface area contributed by atoms with E-state index in [1.807, 2.05) is 47.3 Å². The maximum Gasteiger partial charge on any atom is 0.274 e. The quantitative estimate of drug-likeness (QED) is 0.306. The molecule has 46 heavy (non-hydrogen) atoms. The number of ketones is 1. The largest absolute Gasteiger partial charge is 0.462 e. The number of para-hydroxylation sites is 1. The smallest absolute Gasteiger partial charge is 0.274 e. The molecule has 3 aromatic rings. The number of aliphatic hydroxyl groups excluding tert-OH is 2. The topological polar surface area (TPSA) is 97.5 Å². The lowest BCUT2D eigenvalue weighted by Gasteiger charge is -2.59. The van der Waals surface area contributed by atoms with Crippen molar-refractivity contribution in [2.75, 3.05) is 13.7 Å². The normalized spacial score (nSPS) is 32.8. The number of halogens is 1. The van der Waals surface area contributed by atoms with Gasteiger partial charge in [0.1, 0.15) is 12.4 Å². The third-order valence-corrected chi connectivity index (χ3v) is 12.7. The van der Waals surface area contributed by atoms with Crippen molar-refractivity contribution in [2.45, 2.75) is 64.9 Å². The number of hydrogen-bond acceptors (Lipinski definition) is 7. The number of benzene rings is 1. The molecule has 0 spiro atoms. The van der Waals surface area contributed by atoms with Crippen molar-refractivity contribution in [3.8, 4) is 5.19 Å². The van der Waals surface area contributed by atoms with Crippen LogP contribution in [0.15, 0.2) is 66.2 Å². The molecule has 2 heterocycles. The van der Waals surface area contributed by atoms with Crippen LogP contribution in [0, 0.1) is 34.5 Å². The first-order valence-electron chi connectivity index (χ1n) is 16.4. The summed E-state index contributed by atoms with van der Waals surface area (Å²) in [6.07, 6.45) is 16.4. The maximum atomic E-state index is 13.8. The van der Waals surface area contributed by atoms with Crippen LogP contribution in [0.4, 0.5) is 4.39 Å². The molecule has 7 atom stereocenters. The van der Waals surface area contributed by atoms with Crippen molar-refractivity contribution < 1.29 is 24.1 Å². The van der Waals surface area contributed by atoms with Crippen LogP contribution in [-0.2, 0) is 11.2 Å². The summed E-state index contributed by atoms with van der Waals surface area (Å²) < 4.78 is 22.8. The van der Waals surface area contributed by atoms with Crippen molar-refractivity contribution in [1.29, 1.82) is 0 Å². The Balaban J connectivity index is 0.00000166. The number of thiazole rings is 1. The van der Waals surface area contributed by atoms with Crippen LogP contribution in [0.25, 0.3) is 22.0 Å². The van der Waals surface area contributed by atoms with Gasteiger partial charge in [-0.25, -0.2) is 14.1 Å². The van der Waals surface area contributed by atoms with E-state index in [4.69, 9.17) is 14.9 Å². The average molecular weight is 644 g/mol. The molecule has 2 N–H and O–H groups in total. The number of fused-ring (bicyclic) bond motifs is 7. The zero-order valence-electron chi connectivity index (χ0n) is 26.7. The minimum Gasteiger partial charge on any atom is -0.462 e. The first-order valence-corrected chi connectivity index (χ1v) is 17.2. The molecule has 7 unspecified atom stereocenters. The minimum absolute atomic E-state index is 0.0308. The number of carbonyl (C=O) groups is 1. The van der Waals surface area contributed by atoms with Crippen molar-refractivity contribution in [1.82, 2.24) is 14.8 Å². The Morgan fingerprint density at radius 3 is 2.83 bits per heavy atom. The van der Waals surface area contributed by atoms with Gasteiger partial charge in [-0.2, -0.15) is 5.10 Å². The lowest BCUT2D eigenvalue weighted by molar-refractivity contribution is -0.143. The fourth-order valence-corrected chi connectivity index (χ4v) is 10.7. The second kappa shape index (κ2) is 12.0. The van der Waals surface area contributed by atoms with Gasteiger partial charge in [-0.1, -0.05) is 49.0 Å². The maximum absolute atomic E-state index is 13.8. The van der Waals surface area contributed by atoms with Crippen LogP contribution in [0.2, 0.25) is 0 Å².